The van der Waals surface area contributed by atoms with Crippen molar-refractivity contribution in [3.8, 4) is 0 Å². The van der Waals surface area contributed by atoms with Gasteiger partial charge in [-0.25, -0.2) is 9.80 Å². The lowest BCUT2D eigenvalue weighted by atomic mass is 10.6. The molecule has 0 aromatic rings. The molecule has 0 heterocycles. The summed E-state index contributed by atoms with van der Waals surface area (Å²) in [5.41, 5.74) is 5.15. The summed E-state index contributed by atoms with van der Waals surface area (Å²) >= 11 is 0. The summed E-state index contributed by atoms with van der Waals surface area (Å²) in [6.45, 7) is 1.87. The van der Waals surface area contributed by atoms with Crippen LogP contribution >= 0.6 is 0 Å². The Labute approximate surface area is 70.0 Å². The Hall–Kier alpha value is -1.59. The largest absolute Gasteiger partial charge is 0.460 e. The maximum atomic E-state index is 10.8. The first-order valence-electron chi connectivity index (χ1n) is 3.31. The van der Waals surface area contributed by atoms with Crippen LogP contribution in [0.2, 0.25) is 0 Å². The summed E-state index contributed by atoms with van der Waals surface area (Å²) in [6.07, 6.45) is 0.423. The van der Waals surface area contributed by atoms with Crippen molar-refractivity contribution in [3.05, 3.63) is 0 Å². The second kappa shape index (κ2) is 5.11. The van der Waals surface area contributed by atoms with E-state index in [0.717, 1.165) is 5.01 Å². The Morgan fingerprint density at radius 1 is 1.75 bits per heavy atom. The smallest absolute Gasteiger partial charge is 0.375 e. The molecular weight excluding hydrogens is 162 g/mol. The number of amides is 1. The highest BCUT2D eigenvalue weighted by Gasteiger charge is 2.07. The lowest BCUT2D eigenvalue weighted by Gasteiger charge is -2.04. The van der Waals surface area contributed by atoms with Gasteiger partial charge in [-0.1, -0.05) is 0 Å². The molecule has 0 aliphatic heterocycles. The molecule has 0 atom stereocenters. The van der Waals surface area contributed by atoms with Gasteiger partial charge in [-0.3, -0.25) is 4.79 Å². The SMILES string of the molecule is CCOC(=O)/C(N)=N/N(C)C=O. The van der Waals surface area contributed by atoms with E-state index in [4.69, 9.17) is 5.73 Å². The number of carbonyl (C=O) groups excluding carboxylic acids is 2. The van der Waals surface area contributed by atoms with E-state index in [2.05, 4.69) is 9.84 Å². The maximum absolute atomic E-state index is 10.8. The third-order valence-electron chi connectivity index (χ3n) is 0.903. The number of carbonyl (C=O) groups is 2. The molecule has 0 saturated heterocycles. The minimum absolute atomic E-state index is 0.222. The fourth-order valence-corrected chi connectivity index (χ4v) is 0.439. The molecule has 0 fully saturated rings. The highest BCUT2D eigenvalue weighted by molar-refractivity contribution is 6.34. The van der Waals surface area contributed by atoms with Crippen molar-refractivity contribution in [1.82, 2.24) is 5.01 Å². The minimum atomic E-state index is -0.730. The average Bonchev–Trinajstić information content (AvgIpc) is 2.04. The van der Waals surface area contributed by atoms with E-state index < -0.39 is 5.97 Å². The third kappa shape index (κ3) is 3.55. The van der Waals surface area contributed by atoms with Gasteiger partial charge in [0.25, 0.3) is 0 Å². The first-order chi connectivity index (χ1) is 5.61. The molecule has 0 aromatic heterocycles. The first-order valence-corrected chi connectivity index (χ1v) is 3.31. The van der Waals surface area contributed by atoms with Gasteiger partial charge >= 0.3 is 5.97 Å². The summed E-state index contributed by atoms with van der Waals surface area (Å²) in [5, 5.41) is 4.28. The number of hydrogen-bond donors (Lipinski definition) is 1. The minimum Gasteiger partial charge on any atom is -0.460 e. The standard InChI is InChI=1S/C6H11N3O3/c1-3-12-6(11)5(7)8-9(2)4-10/h4H,3H2,1-2H3,(H2,7,8). The van der Waals surface area contributed by atoms with Crippen molar-refractivity contribution in [1.29, 1.82) is 0 Å². The molecule has 0 aliphatic rings. The molecule has 6 heteroatoms. The molecule has 0 bridgehead atoms. The molecule has 0 unspecified atom stereocenters. The Balaban J connectivity index is 4.16. The summed E-state index contributed by atoms with van der Waals surface area (Å²) in [6, 6.07) is 0. The van der Waals surface area contributed by atoms with Crippen LogP contribution in [-0.2, 0) is 14.3 Å². The van der Waals surface area contributed by atoms with E-state index in [9.17, 15) is 9.59 Å². The topological polar surface area (TPSA) is 85.0 Å². The van der Waals surface area contributed by atoms with Gasteiger partial charge in [0.05, 0.1) is 6.61 Å². The molecule has 1 amide bonds. The average molecular weight is 173 g/mol. The van der Waals surface area contributed by atoms with Gasteiger partial charge in [0.2, 0.25) is 12.2 Å². The highest BCUT2D eigenvalue weighted by Crippen LogP contribution is 1.82. The van der Waals surface area contributed by atoms with E-state index in [1.165, 1.54) is 7.05 Å². The highest BCUT2D eigenvalue weighted by atomic mass is 16.5. The molecular formula is C6H11N3O3. The van der Waals surface area contributed by atoms with Gasteiger partial charge in [0.1, 0.15) is 0 Å². The Kier molecular flexibility index (Phi) is 4.43. The third-order valence-corrected chi connectivity index (χ3v) is 0.903. The summed E-state index contributed by atoms with van der Waals surface area (Å²) < 4.78 is 4.51. The first kappa shape index (κ1) is 10.4. The van der Waals surface area contributed by atoms with Crippen molar-refractivity contribution in [3.63, 3.8) is 0 Å². The van der Waals surface area contributed by atoms with Crippen LogP contribution in [-0.4, -0.2) is 36.9 Å². The number of esters is 1. The van der Waals surface area contributed by atoms with Gasteiger partial charge in [0, 0.05) is 7.05 Å². The number of rotatable bonds is 3. The van der Waals surface area contributed by atoms with E-state index in [0.29, 0.717) is 6.41 Å². The van der Waals surface area contributed by atoms with Gasteiger partial charge in [0.15, 0.2) is 0 Å². The van der Waals surface area contributed by atoms with Crippen LogP contribution in [0.1, 0.15) is 6.92 Å². The molecule has 0 spiro atoms. The van der Waals surface area contributed by atoms with Crippen molar-refractivity contribution in [2.45, 2.75) is 6.92 Å². The Morgan fingerprint density at radius 2 is 2.33 bits per heavy atom. The van der Waals surface area contributed by atoms with Crippen molar-refractivity contribution in [2.75, 3.05) is 13.7 Å². The zero-order chi connectivity index (χ0) is 9.56. The number of hydrogen-bond acceptors (Lipinski definition) is 4. The lowest BCUT2D eigenvalue weighted by Crippen LogP contribution is -2.29. The van der Waals surface area contributed by atoms with Gasteiger partial charge in [-0.15, -0.1) is 5.10 Å². The lowest BCUT2D eigenvalue weighted by molar-refractivity contribution is -0.135. The second-order valence-electron chi connectivity index (χ2n) is 1.88. The number of hydrazone groups is 1. The molecule has 0 saturated carbocycles. The van der Waals surface area contributed by atoms with Crippen LogP contribution in [0.15, 0.2) is 5.10 Å². The van der Waals surface area contributed by atoms with Crippen LogP contribution < -0.4 is 5.73 Å². The molecule has 6 nitrogen and oxygen atoms in total. The number of nitrogens with two attached hydrogens (primary N) is 1. The van der Waals surface area contributed by atoms with Gasteiger partial charge in [-0.2, -0.15) is 0 Å². The predicted molar refractivity (Wildman–Crippen MR) is 42.1 cm³/mol. The van der Waals surface area contributed by atoms with Crippen molar-refractivity contribution >= 4 is 18.2 Å². The Bertz CT molecular complexity index is 202. The Morgan fingerprint density at radius 3 is 2.75 bits per heavy atom. The van der Waals surface area contributed by atoms with Gasteiger partial charge < -0.3 is 10.5 Å². The maximum Gasteiger partial charge on any atom is 0.375 e. The van der Waals surface area contributed by atoms with Crippen LogP contribution in [0.4, 0.5) is 0 Å². The van der Waals surface area contributed by atoms with Gasteiger partial charge in [-0.05, 0) is 6.92 Å². The fourth-order valence-electron chi connectivity index (χ4n) is 0.439. The number of nitrogens with zero attached hydrogens (tertiary/aromatic N) is 2. The summed E-state index contributed by atoms with van der Waals surface area (Å²) in [7, 11) is 1.36. The molecule has 68 valence electrons. The zero-order valence-corrected chi connectivity index (χ0v) is 6.98. The molecule has 0 rings (SSSR count). The van der Waals surface area contributed by atoms with E-state index in [1.54, 1.807) is 6.92 Å². The molecule has 12 heavy (non-hydrogen) atoms. The number of amidine groups is 1. The molecule has 0 radical (unpaired) electrons. The predicted octanol–water partition coefficient (Wildman–Crippen LogP) is -1.09. The van der Waals surface area contributed by atoms with Crippen molar-refractivity contribution in [2.24, 2.45) is 10.8 Å². The van der Waals surface area contributed by atoms with Crippen LogP contribution in [0.5, 0.6) is 0 Å². The van der Waals surface area contributed by atoms with Crippen LogP contribution in [0.3, 0.4) is 0 Å². The molecule has 0 aliphatic carbocycles. The van der Waals surface area contributed by atoms with Crippen LogP contribution in [0, 0.1) is 0 Å². The fraction of sp³-hybridized carbons (Fsp3) is 0.500. The monoisotopic (exact) mass is 173 g/mol. The summed E-state index contributed by atoms with van der Waals surface area (Å²) in [4.78, 5) is 20.8. The normalized spacial score (nSPS) is 10.7. The molecule has 0 aromatic carbocycles. The summed E-state index contributed by atoms with van der Waals surface area (Å²) in [5.74, 6) is -1.07. The second-order valence-corrected chi connectivity index (χ2v) is 1.88. The number of ether oxygens (including phenoxy) is 1. The van der Waals surface area contributed by atoms with Crippen molar-refractivity contribution < 1.29 is 14.3 Å². The van der Waals surface area contributed by atoms with Crippen LogP contribution in [0.25, 0.3) is 0 Å². The zero-order valence-electron chi connectivity index (χ0n) is 6.98. The quantitative estimate of drug-likeness (QED) is 0.193. The van der Waals surface area contributed by atoms with E-state index in [-0.39, 0.29) is 12.4 Å². The van der Waals surface area contributed by atoms with E-state index in [1.807, 2.05) is 0 Å². The van der Waals surface area contributed by atoms with E-state index >= 15 is 0 Å². The molecule has 2 N–H and O–H groups in total.